The fraction of sp³-hybridized carbons (Fsp3) is 0.200. The molecule has 0 atom stereocenters. The van der Waals surface area contributed by atoms with E-state index in [4.69, 9.17) is 9.47 Å². The summed E-state index contributed by atoms with van der Waals surface area (Å²) < 4.78 is 11.1. The van der Waals surface area contributed by atoms with Crippen molar-refractivity contribution < 1.29 is 9.47 Å². The van der Waals surface area contributed by atoms with E-state index in [0.717, 1.165) is 15.8 Å². The van der Waals surface area contributed by atoms with Gasteiger partial charge in [0.25, 0.3) is 0 Å². The van der Waals surface area contributed by atoms with Crippen molar-refractivity contribution >= 4 is 27.6 Å². The van der Waals surface area contributed by atoms with Crippen LogP contribution in [-0.2, 0) is 0 Å². The molecule has 0 aromatic carbocycles. The highest BCUT2D eigenvalue weighted by molar-refractivity contribution is 7.17. The molecule has 0 aliphatic heterocycles. The second kappa shape index (κ2) is 3.86. The average Bonchev–Trinajstić information content (AvgIpc) is 2.70. The lowest BCUT2D eigenvalue weighted by Gasteiger charge is -2.03. The van der Waals surface area contributed by atoms with Crippen LogP contribution in [0, 0.1) is 0 Å². The van der Waals surface area contributed by atoms with Crippen LogP contribution in [0.4, 0.5) is 0 Å². The highest BCUT2D eigenvalue weighted by atomic mass is 32.1. The highest BCUT2D eigenvalue weighted by Crippen LogP contribution is 2.32. The van der Waals surface area contributed by atoms with Crippen LogP contribution in [0.1, 0.15) is 5.56 Å². The summed E-state index contributed by atoms with van der Waals surface area (Å²) in [4.78, 5) is 8.36. The van der Waals surface area contributed by atoms with Gasteiger partial charge < -0.3 is 9.47 Å². The smallest absolute Gasteiger partial charge is 0.320 e. The predicted octanol–water partition coefficient (Wildman–Crippen LogP) is 2.35. The molecule has 0 saturated heterocycles. The Morgan fingerprint density at radius 1 is 1.33 bits per heavy atom. The lowest BCUT2D eigenvalue weighted by atomic mass is 10.3. The average molecular weight is 222 g/mol. The van der Waals surface area contributed by atoms with E-state index in [9.17, 15) is 0 Å². The zero-order valence-electron chi connectivity index (χ0n) is 8.48. The topological polar surface area (TPSA) is 44.2 Å². The molecular formula is C10H10N2O2S. The Hall–Kier alpha value is -1.62. The summed E-state index contributed by atoms with van der Waals surface area (Å²) in [5.41, 5.74) is 1.78. The third-order valence-electron chi connectivity index (χ3n) is 1.99. The van der Waals surface area contributed by atoms with Crippen LogP contribution in [0.25, 0.3) is 16.3 Å². The fourth-order valence-electron chi connectivity index (χ4n) is 1.26. The zero-order valence-corrected chi connectivity index (χ0v) is 9.30. The maximum atomic E-state index is 5.17. The molecule has 15 heavy (non-hydrogen) atoms. The van der Waals surface area contributed by atoms with Crippen molar-refractivity contribution in [2.24, 2.45) is 0 Å². The molecule has 5 heteroatoms. The largest absolute Gasteiger partial charge is 0.480 e. The molecule has 0 bridgehead atoms. The Kier molecular flexibility index (Phi) is 2.55. The Morgan fingerprint density at radius 2 is 2.13 bits per heavy atom. The molecule has 78 valence electrons. The normalized spacial score (nSPS) is 10.3. The molecule has 0 spiro atoms. The van der Waals surface area contributed by atoms with Gasteiger partial charge in [-0.1, -0.05) is 12.7 Å². The van der Waals surface area contributed by atoms with E-state index < -0.39 is 0 Å². The van der Waals surface area contributed by atoms with Gasteiger partial charge in [0.15, 0.2) is 0 Å². The van der Waals surface area contributed by atoms with Crippen LogP contribution < -0.4 is 9.47 Å². The van der Waals surface area contributed by atoms with Gasteiger partial charge in [0.05, 0.1) is 19.7 Å². The number of rotatable bonds is 3. The maximum absolute atomic E-state index is 5.17. The van der Waals surface area contributed by atoms with Gasteiger partial charge in [-0.05, 0) is 0 Å². The first-order valence-electron chi connectivity index (χ1n) is 4.29. The lowest BCUT2D eigenvalue weighted by Crippen LogP contribution is -1.95. The highest BCUT2D eigenvalue weighted by Gasteiger charge is 2.12. The monoisotopic (exact) mass is 222 g/mol. The van der Waals surface area contributed by atoms with Crippen LogP contribution in [-0.4, -0.2) is 24.2 Å². The standard InChI is InChI=1S/C10H10N2O2S/c1-4-6-5-15-8-7(6)11-10(14-3)12-9(8)13-2/h4-5H,1H2,2-3H3. The van der Waals surface area contributed by atoms with Gasteiger partial charge in [-0.2, -0.15) is 9.97 Å². The number of methoxy groups -OCH3 is 2. The molecule has 0 radical (unpaired) electrons. The fourth-order valence-corrected chi connectivity index (χ4v) is 2.22. The summed E-state index contributed by atoms with van der Waals surface area (Å²) in [6.07, 6.45) is 1.75. The molecular weight excluding hydrogens is 212 g/mol. The molecule has 2 heterocycles. The summed E-state index contributed by atoms with van der Waals surface area (Å²) in [6, 6.07) is 0.306. The number of nitrogens with zero attached hydrogens (tertiary/aromatic N) is 2. The van der Waals surface area contributed by atoms with Gasteiger partial charge in [0, 0.05) is 10.9 Å². The third kappa shape index (κ3) is 1.55. The molecule has 2 aromatic rings. The van der Waals surface area contributed by atoms with E-state index in [1.165, 1.54) is 18.4 Å². The van der Waals surface area contributed by atoms with Crippen LogP contribution in [0.15, 0.2) is 12.0 Å². The van der Waals surface area contributed by atoms with Crippen molar-refractivity contribution in [2.45, 2.75) is 0 Å². The molecule has 0 aliphatic carbocycles. The minimum absolute atomic E-state index is 0.306. The van der Waals surface area contributed by atoms with Crippen molar-refractivity contribution in [3.8, 4) is 11.9 Å². The Balaban J connectivity index is 2.77. The quantitative estimate of drug-likeness (QED) is 0.799. The summed E-state index contributed by atoms with van der Waals surface area (Å²) >= 11 is 1.53. The number of ether oxygens (including phenoxy) is 2. The van der Waals surface area contributed by atoms with E-state index in [0.29, 0.717) is 11.9 Å². The minimum Gasteiger partial charge on any atom is -0.480 e. The number of hydrogen-bond acceptors (Lipinski definition) is 5. The number of fused-ring (bicyclic) bond motifs is 1. The molecule has 2 rings (SSSR count). The van der Waals surface area contributed by atoms with Gasteiger partial charge >= 0.3 is 6.01 Å². The number of hydrogen-bond donors (Lipinski definition) is 0. The molecule has 0 N–H and O–H groups in total. The SMILES string of the molecule is C=Cc1csc2c(OC)nc(OC)nc12. The van der Waals surface area contributed by atoms with E-state index in [-0.39, 0.29) is 0 Å². The van der Waals surface area contributed by atoms with Gasteiger partial charge in [0.2, 0.25) is 5.88 Å². The molecule has 2 aromatic heterocycles. The molecule has 4 nitrogen and oxygen atoms in total. The van der Waals surface area contributed by atoms with Gasteiger partial charge in [0.1, 0.15) is 4.70 Å². The van der Waals surface area contributed by atoms with Gasteiger partial charge in [-0.15, -0.1) is 11.3 Å². The first-order chi connectivity index (χ1) is 7.30. The number of thiophene rings is 1. The zero-order chi connectivity index (χ0) is 10.8. The molecule has 0 unspecified atom stereocenters. The molecule has 0 saturated carbocycles. The predicted molar refractivity (Wildman–Crippen MR) is 60.6 cm³/mol. The molecule has 0 aliphatic rings. The van der Waals surface area contributed by atoms with Crippen molar-refractivity contribution in [1.82, 2.24) is 9.97 Å². The number of aromatic nitrogens is 2. The summed E-state index contributed by atoms with van der Waals surface area (Å²) in [6.45, 7) is 3.73. The van der Waals surface area contributed by atoms with Crippen LogP contribution in [0.3, 0.4) is 0 Å². The Labute approximate surface area is 91.2 Å². The van der Waals surface area contributed by atoms with E-state index in [1.807, 2.05) is 5.38 Å². The van der Waals surface area contributed by atoms with Crippen LogP contribution in [0.5, 0.6) is 11.9 Å². The first-order valence-corrected chi connectivity index (χ1v) is 5.17. The van der Waals surface area contributed by atoms with E-state index >= 15 is 0 Å². The minimum atomic E-state index is 0.306. The van der Waals surface area contributed by atoms with Crippen molar-refractivity contribution in [3.63, 3.8) is 0 Å². The molecule has 0 amide bonds. The van der Waals surface area contributed by atoms with Gasteiger partial charge in [-0.25, -0.2) is 0 Å². The third-order valence-corrected chi connectivity index (χ3v) is 2.96. The van der Waals surface area contributed by atoms with Gasteiger partial charge in [-0.3, -0.25) is 0 Å². The Bertz CT molecular complexity index is 507. The van der Waals surface area contributed by atoms with Crippen LogP contribution >= 0.6 is 11.3 Å². The van der Waals surface area contributed by atoms with Crippen molar-refractivity contribution in [3.05, 3.63) is 17.5 Å². The Morgan fingerprint density at radius 3 is 2.73 bits per heavy atom. The lowest BCUT2D eigenvalue weighted by molar-refractivity contribution is 0.357. The summed E-state index contributed by atoms with van der Waals surface area (Å²) in [7, 11) is 3.11. The second-order valence-electron chi connectivity index (χ2n) is 2.79. The molecule has 0 fully saturated rings. The van der Waals surface area contributed by atoms with Crippen molar-refractivity contribution in [2.75, 3.05) is 14.2 Å². The summed E-state index contributed by atoms with van der Waals surface area (Å²) in [5, 5.41) is 1.97. The van der Waals surface area contributed by atoms with E-state index in [1.54, 1.807) is 13.2 Å². The second-order valence-corrected chi connectivity index (χ2v) is 3.67. The van der Waals surface area contributed by atoms with Crippen LogP contribution in [0.2, 0.25) is 0 Å². The first kappa shape index (κ1) is 9.92. The van der Waals surface area contributed by atoms with Crippen molar-refractivity contribution in [1.29, 1.82) is 0 Å². The summed E-state index contributed by atoms with van der Waals surface area (Å²) in [5.74, 6) is 0.537. The van der Waals surface area contributed by atoms with E-state index in [2.05, 4.69) is 16.5 Å². The maximum Gasteiger partial charge on any atom is 0.320 e.